The van der Waals surface area contributed by atoms with Crippen LogP contribution in [0, 0.1) is 13.8 Å². The van der Waals surface area contributed by atoms with Crippen LogP contribution in [0.3, 0.4) is 0 Å². The molecule has 0 radical (unpaired) electrons. The lowest BCUT2D eigenvalue weighted by atomic mass is 10.1. The third-order valence-electron chi connectivity index (χ3n) is 4.03. The van der Waals surface area contributed by atoms with Crippen molar-refractivity contribution in [2.24, 2.45) is 0 Å². The standard InChI is InChI=1S/C15H26N2O2S2/c1-4-9-21(18,19)17-7-5-15(6-8-17)16-11-14-10-12(2)20-13(14)3/h10,15-16H,4-9,11H2,1-3H3. The minimum Gasteiger partial charge on any atom is -0.310 e. The van der Waals surface area contributed by atoms with Crippen LogP contribution in [0.2, 0.25) is 0 Å². The fourth-order valence-corrected chi connectivity index (χ4v) is 5.33. The second-order valence-corrected chi connectivity index (χ2v) is 9.36. The molecule has 0 atom stereocenters. The lowest BCUT2D eigenvalue weighted by Gasteiger charge is -2.31. The Bertz CT molecular complexity index is 558. The average molecular weight is 331 g/mol. The van der Waals surface area contributed by atoms with E-state index < -0.39 is 10.0 Å². The first kappa shape index (κ1) is 16.9. The molecule has 0 unspecified atom stereocenters. The number of aryl methyl sites for hydroxylation is 2. The van der Waals surface area contributed by atoms with Gasteiger partial charge < -0.3 is 5.32 Å². The molecule has 1 saturated heterocycles. The molecule has 2 rings (SSSR count). The van der Waals surface area contributed by atoms with Crippen molar-refractivity contribution in [1.82, 2.24) is 9.62 Å². The molecule has 21 heavy (non-hydrogen) atoms. The molecule has 4 nitrogen and oxygen atoms in total. The number of hydrogen-bond acceptors (Lipinski definition) is 4. The van der Waals surface area contributed by atoms with Gasteiger partial charge in [-0.05, 0) is 44.7 Å². The SMILES string of the molecule is CCCS(=O)(=O)N1CCC(NCc2cc(C)sc2C)CC1. The van der Waals surface area contributed by atoms with Gasteiger partial charge in [-0.1, -0.05) is 6.92 Å². The van der Waals surface area contributed by atoms with Gasteiger partial charge in [0.2, 0.25) is 10.0 Å². The van der Waals surface area contributed by atoms with Crippen LogP contribution in [0.5, 0.6) is 0 Å². The second kappa shape index (κ2) is 7.22. The van der Waals surface area contributed by atoms with E-state index in [0.29, 0.717) is 25.6 Å². The summed E-state index contributed by atoms with van der Waals surface area (Å²) in [7, 11) is -3.02. The number of rotatable bonds is 6. The molecule has 2 heterocycles. The van der Waals surface area contributed by atoms with Crippen molar-refractivity contribution in [2.45, 2.75) is 52.6 Å². The summed E-state index contributed by atoms with van der Waals surface area (Å²) in [6, 6.07) is 2.67. The highest BCUT2D eigenvalue weighted by molar-refractivity contribution is 7.89. The van der Waals surface area contributed by atoms with E-state index in [4.69, 9.17) is 0 Å². The third-order valence-corrected chi connectivity index (χ3v) is 7.12. The van der Waals surface area contributed by atoms with E-state index in [1.807, 2.05) is 18.3 Å². The van der Waals surface area contributed by atoms with Crippen LogP contribution in [0.4, 0.5) is 0 Å². The van der Waals surface area contributed by atoms with Crippen LogP contribution < -0.4 is 5.32 Å². The van der Waals surface area contributed by atoms with Gasteiger partial charge in [0, 0.05) is 35.4 Å². The lowest BCUT2D eigenvalue weighted by Crippen LogP contribution is -2.45. The summed E-state index contributed by atoms with van der Waals surface area (Å²) in [6.07, 6.45) is 2.51. The van der Waals surface area contributed by atoms with Gasteiger partial charge in [0.1, 0.15) is 0 Å². The highest BCUT2D eigenvalue weighted by atomic mass is 32.2. The molecule has 1 aromatic rings. The summed E-state index contributed by atoms with van der Waals surface area (Å²) < 4.78 is 25.7. The van der Waals surface area contributed by atoms with Crippen molar-refractivity contribution in [3.05, 3.63) is 21.4 Å². The first-order valence-electron chi connectivity index (χ1n) is 7.69. The molecule has 1 fully saturated rings. The zero-order chi connectivity index (χ0) is 15.5. The van der Waals surface area contributed by atoms with Gasteiger partial charge in [-0.15, -0.1) is 11.3 Å². The van der Waals surface area contributed by atoms with Gasteiger partial charge in [-0.2, -0.15) is 0 Å². The first-order chi connectivity index (χ1) is 9.92. The molecule has 0 aromatic carbocycles. The lowest BCUT2D eigenvalue weighted by molar-refractivity contribution is 0.288. The number of nitrogens with one attached hydrogen (secondary N) is 1. The molecule has 0 bridgehead atoms. The van der Waals surface area contributed by atoms with Crippen molar-refractivity contribution >= 4 is 21.4 Å². The molecule has 1 aromatic heterocycles. The van der Waals surface area contributed by atoms with Crippen molar-refractivity contribution in [1.29, 1.82) is 0 Å². The number of thiophene rings is 1. The Labute approximate surface area is 132 Å². The first-order valence-corrected chi connectivity index (χ1v) is 10.1. The smallest absolute Gasteiger partial charge is 0.214 e. The van der Waals surface area contributed by atoms with E-state index >= 15 is 0 Å². The number of hydrogen-bond donors (Lipinski definition) is 1. The maximum atomic E-state index is 12.0. The van der Waals surface area contributed by atoms with Crippen LogP contribution in [-0.4, -0.2) is 37.6 Å². The van der Waals surface area contributed by atoms with Crippen LogP contribution in [0.1, 0.15) is 41.5 Å². The van der Waals surface area contributed by atoms with Gasteiger partial charge in [-0.25, -0.2) is 12.7 Å². The van der Waals surface area contributed by atoms with E-state index in [-0.39, 0.29) is 5.75 Å². The predicted molar refractivity (Wildman–Crippen MR) is 89.3 cm³/mol. The van der Waals surface area contributed by atoms with E-state index in [0.717, 1.165) is 19.4 Å². The maximum Gasteiger partial charge on any atom is 0.214 e. The van der Waals surface area contributed by atoms with E-state index in [2.05, 4.69) is 25.2 Å². The Morgan fingerprint density at radius 3 is 2.52 bits per heavy atom. The average Bonchev–Trinajstić information content (AvgIpc) is 2.75. The minimum absolute atomic E-state index is 0.276. The zero-order valence-corrected chi connectivity index (χ0v) is 14.8. The van der Waals surface area contributed by atoms with Gasteiger partial charge in [0.05, 0.1) is 5.75 Å². The summed E-state index contributed by atoms with van der Waals surface area (Å²) in [4.78, 5) is 2.73. The van der Waals surface area contributed by atoms with Crippen LogP contribution in [-0.2, 0) is 16.6 Å². The van der Waals surface area contributed by atoms with Gasteiger partial charge in [0.15, 0.2) is 0 Å². The van der Waals surface area contributed by atoms with Crippen LogP contribution in [0.15, 0.2) is 6.07 Å². The molecule has 1 aliphatic rings. The molecule has 1 N–H and O–H groups in total. The Morgan fingerprint density at radius 1 is 1.33 bits per heavy atom. The summed E-state index contributed by atoms with van der Waals surface area (Å²) in [5, 5.41) is 3.58. The van der Waals surface area contributed by atoms with Crippen molar-refractivity contribution < 1.29 is 8.42 Å². The van der Waals surface area contributed by atoms with Crippen molar-refractivity contribution in [2.75, 3.05) is 18.8 Å². The Kier molecular flexibility index (Phi) is 5.82. The fraction of sp³-hybridized carbons (Fsp3) is 0.733. The molecular formula is C15H26N2O2S2. The maximum absolute atomic E-state index is 12.0. The van der Waals surface area contributed by atoms with Crippen molar-refractivity contribution in [3.8, 4) is 0 Å². The molecule has 0 saturated carbocycles. The fourth-order valence-electron chi connectivity index (χ4n) is 2.84. The summed E-state index contributed by atoms with van der Waals surface area (Å²) in [6.45, 7) is 8.41. The molecule has 0 amide bonds. The van der Waals surface area contributed by atoms with E-state index in [1.165, 1.54) is 15.3 Å². The molecule has 120 valence electrons. The zero-order valence-electron chi connectivity index (χ0n) is 13.2. The minimum atomic E-state index is -3.02. The van der Waals surface area contributed by atoms with Gasteiger partial charge in [-0.3, -0.25) is 0 Å². The topological polar surface area (TPSA) is 49.4 Å². The van der Waals surface area contributed by atoms with Gasteiger partial charge >= 0.3 is 0 Å². The quantitative estimate of drug-likeness (QED) is 0.872. The Balaban J connectivity index is 1.81. The highest BCUT2D eigenvalue weighted by Crippen LogP contribution is 2.21. The normalized spacial score (nSPS) is 18.2. The molecule has 0 aliphatic carbocycles. The molecule has 1 aliphatic heterocycles. The predicted octanol–water partition coefficient (Wildman–Crippen LogP) is 2.66. The molecular weight excluding hydrogens is 304 g/mol. The number of sulfonamides is 1. The highest BCUT2D eigenvalue weighted by Gasteiger charge is 2.27. The number of piperidine rings is 1. The Hall–Kier alpha value is -0.430. The summed E-state index contributed by atoms with van der Waals surface area (Å²) in [5.41, 5.74) is 1.37. The second-order valence-electron chi connectivity index (χ2n) is 5.81. The monoisotopic (exact) mass is 330 g/mol. The number of nitrogens with zero attached hydrogens (tertiary/aromatic N) is 1. The summed E-state index contributed by atoms with van der Waals surface area (Å²) >= 11 is 1.84. The van der Waals surface area contributed by atoms with Crippen LogP contribution in [0.25, 0.3) is 0 Å². The third kappa shape index (κ3) is 4.52. The van der Waals surface area contributed by atoms with E-state index in [1.54, 1.807) is 4.31 Å². The molecule has 0 spiro atoms. The largest absolute Gasteiger partial charge is 0.310 e. The summed E-state index contributed by atoms with van der Waals surface area (Å²) in [5.74, 6) is 0.276. The van der Waals surface area contributed by atoms with Crippen LogP contribution >= 0.6 is 11.3 Å². The van der Waals surface area contributed by atoms with Crippen molar-refractivity contribution in [3.63, 3.8) is 0 Å². The molecule has 6 heteroatoms. The van der Waals surface area contributed by atoms with E-state index in [9.17, 15) is 8.42 Å². The Morgan fingerprint density at radius 2 is 2.00 bits per heavy atom. The van der Waals surface area contributed by atoms with Gasteiger partial charge in [0.25, 0.3) is 0 Å².